The number of benzene rings is 1. The molecule has 0 saturated heterocycles. The summed E-state index contributed by atoms with van der Waals surface area (Å²) in [4.78, 5) is 46.3. The quantitative estimate of drug-likeness (QED) is 0.663. The monoisotopic (exact) mass is 322 g/mol. The normalized spacial score (nSPS) is 11.0. The lowest BCUT2D eigenvalue weighted by atomic mass is 10.2. The van der Waals surface area contributed by atoms with E-state index in [0.29, 0.717) is 5.56 Å². The Labute approximate surface area is 133 Å². The van der Waals surface area contributed by atoms with Crippen molar-refractivity contribution in [3.8, 4) is 0 Å². The minimum Gasteiger partial charge on any atom is -0.469 e. The van der Waals surface area contributed by atoms with Gasteiger partial charge < -0.3 is 20.1 Å². The lowest BCUT2D eigenvalue weighted by Gasteiger charge is -2.15. The Hall–Kier alpha value is -2.90. The first kappa shape index (κ1) is 18.1. The van der Waals surface area contributed by atoms with Gasteiger partial charge >= 0.3 is 11.9 Å². The summed E-state index contributed by atoms with van der Waals surface area (Å²) in [5.74, 6) is -2.51. The zero-order valence-corrected chi connectivity index (χ0v) is 12.8. The van der Waals surface area contributed by atoms with Gasteiger partial charge in [-0.15, -0.1) is 0 Å². The van der Waals surface area contributed by atoms with Crippen molar-refractivity contribution in [1.82, 2.24) is 10.6 Å². The van der Waals surface area contributed by atoms with E-state index >= 15 is 0 Å². The molecule has 124 valence electrons. The molecule has 0 spiro atoms. The van der Waals surface area contributed by atoms with Crippen molar-refractivity contribution in [2.75, 3.05) is 20.8 Å². The molecular weight excluding hydrogens is 304 g/mol. The predicted molar refractivity (Wildman–Crippen MR) is 79.4 cm³/mol. The number of amides is 2. The van der Waals surface area contributed by atoms with Crippen LogP contribution in [-0.2, 0) is 23.9 Å². The Morgan fingerprint density at radius 3 is 2.26 bits per heavy atom. The number of esters is 2. The molecule has 23 heavy (non-hydrogen) atoms. The van der Waals surface area contributed by atoms with Crippen molar-refractivity contribution in [2.45, 2.75) is 12.5 Å². The van der Waals surface area contributed by atoms with Crippen LogP contribution in [0.15, 0.2) is 30.3 Å². The maximum Gasteiger partial charge on any atom is 0.328 e. The van der Waals surface area contributed by atoms with E-state index < -0.39 is 29.8 Å². The first-order valence-corrected chi connectivity index (χ1v) is 6.75. The lowest BCUT2D eigenvalue weighted by molar-refractivity contribution is -0.150. The van der Waals surface area contributed by atoms with Gasteiger partial charge in [0.2, 0.25) is 5.91 Å². The van der Waals surface area contributed by atoms with Crippen LogP contribution in [0.1, 0.15) is 16.8 Å². The molecule has 0 saturated carbocycles. The van der Waals surface area contributed by atoms with Crippen LogP contribution in [0.3, 0.4) is 0 Å². The van der Waals surface area contributed by atoms with Gasteiger partial charge in [0.1, 0.15) is 6.04 Å². The highest BCUT2D eigenvalue weighted by Crippen LogP contribution is 1.99. The van der Waals surface area contributed by atoms with Gasteiger partial charge in [-0.2, -0.15) is 0 Å². The molecule has 0 bridgehead atoms. The molecule has 1 rings (SSSR count). The summed E-state index contributed by atoms with van der Waals surface area (Å²) < 4.78 is 8.95. The van der Waals surface area contributed by atoms with Crippen LogP contribution in [0.4, 0.5) is 0 Å². The first-order chi connectivity index (χ1) is 11.0. The van der Waals surface area contributed by atoms with E-state index in [1.165, 1.54) is 7.11 Å². The van der Waals surface area contributed by atoms with E-state index in [4.69, 9.17) is 0 Å². The second-order valence-electron chi connectivity index (χ2n) is 4.47. The molecule has 0 radical (unpaired) electrons. The van der Waals surface area contributed by atoms with Crippen molar-refractivity contribution in [3.63, 3.8) is 0 Å². The van der Waals surface area contributed by atoms with Crippen LogP contribution in [0, 0.1) is 0 Å². The van der Waals surface area contributed by atoms with Crippen molar-refractivity contribution in [2.24, 2.45) is 0 Å². The number of ether oxygens (including phenoxy) is 2. The number of hydrogen-bond acceptors (Lipinski definition) is 6. The summed E-state index contributed by atoms with van der Waals surface area (Å²) in [7, 11) is 2.30. The number of methoxy groups -OCH3 is 2. The molecule has 8 heteroatoms. The summed E-state index contributed by atoms with van der Waals surface area (Å²) >= 11 is 0. The van der Waals surface area contributed by atoms with E-state index in [-0.39, 0.29) is 13.0 Å². The third kappa shape index (κ3) is 6.16. The summed E-state index contributed by atoms with van der Waals surface area (Å²) in [5.41, 5.74) is 0.402. The lowest BCUT2D eigenvalue weighted by Crippen LogP contribution is -2.47. The Balaban J connectivity index is 2.53. The van der Waals surface area contributed by atoms with Crippen molar-refractivity contribution < 1.29 is 28.7 Å². The second kappa shape index (κ2) is 9.19. The number of carbonyl (C=O) groups excluding carboxylic acids is 4. The van der Waals surface area contributed by atoms with Gasteiger partial charge in [0.05, 0.1) is 27.2 Å². The summed E-state index contributed by atoms with van der Waals surface area (Å²) in [5, 5.41) is 4.72. The highest BCUT2D eigenvalue weighted by Gasteiger charge is 2.25. The topological polar surface area (TPSA) is 111 Å². The van der Waals surface area contributed by atoms with E-state index in [0.717, 1.165) is 7.11 Å². The van der Waals surface area contributed by atoms with Crippen molar-refractivity contribution in [3.05, 3.63) is 35.9 Å². The minimum absolute atomic E-state index is 0.345. The summed E-state index contributed by atoms with van der Waals surface area (Å²) in [6, 6.07) is 7.17. The number of rotatable bonds is 7. The molecule has 0 heterocycles. The van der Waals surface area contributed by atoms with Crippen molar-refractivity contribution >= 4 is 23.8 Å². The molecule has 0 fully saturated rings. The van der Waals surface area contributed by atoms with Gasteiger partial charge in [0, 0.05) is 5.56 Å². The molecule has 2 amide bonds. The highest BCUT2D eigenvalue weighted by molar-refractivity contribution is 5.97. The van der Waals surface area contributed by atoms with Crippen molar-refractivity contribution in [1.29, 1.82) is 0 Å². The average molecular weight is 322 g/mol. The van der Waals surface area contributed by atoms with Gasteiger partial charge in [-0.25, -0.2) is 4.79 Å². The van der Waals surface area contributed by atoms with Gasteiger partial charge in [0.15, 0.2) is 0 Å². The zero-order chi connectivity index (χ0) is 17.2. The first-order valence-electron chi connectivity index (χ1n) is 6.75. The van der Waals surface area contributed by atoms with Gasteiger partial charge in [0.25, 0.3) is 5.91 Å². The Morgan fingerprint density at radius 1 is 1.04 bits per heavy atom. The van der Waals surface area contributed by atoms with Gasteiger partial charge in [-0.3, -0.25) is 14.4 Å². The smallest absolute Gasteiger partial charge is 0.328 e. The Kier molecular flexibility index (Phi) is 7.25. The minimum atomic E-state index is -1.17. The summed E-state index contributed by atoms with van der Waals surface area (Å²) in [6.45, 7) is -0.345. The maximum atomic E-state index is 11.8. The number of hydrogen-bond donors (Lipinski definition) is 2. The molecule has 1 atom stereocenters. The van der Waals surface area contributed by atoms with E-state index in [1.54, 1.807) is 30.3 Å². The number of carbonyl (C=O) groups is 4. The highest BCUT2D eigenvalue weighted by atomic mass is 16.5. The predicted octanol–water partition coefficient (Wildman–Crippen LogP) is -0.363. The molecule has 0 aliphatic heterocycles. The van der Waals surface area contributed by atoms with Crippen LogP contribution in [0.25, 0.3) is 0 Å². The van der Waals surface area contributed by atoms with E-state index in [2.05, 4.69) is 20.1 Å². The Bertz CT molecular complexity index is 573. The molecule has 1 aromatic carbocycles. The van der Waals surface area contributed by atoms with Gasteiger partial charge in [-0.05, 0) is 12.1 Å². The Morgan fingerprint density at radius 2 is 1.70 bits per heavy atom. The molecule has 0 aromatic heterocycles. The van der Waals surface area contributed by atoms with Gasteiger partial charge in [-0.1, -0.05) is 18.2 Å². The van der Waals surface area contributed by atoms with E-state index in [9.17, 15) is 19.2 Å². The molecule has 0 aliphatic carbocycles. The van der Waals surface area contributed by atoms with E-state index in [1.807, 2.05) is 0 Å². The SMILES string of the molecule is COC(=O)C[C@@H](NC(=O)CNC(=O)c1ccccc1)C(=O)OC. The molecule has 0 aliphatic rings. The number of nitrogens with one attached hydrogen (secondary N) is 2. The largest absolute Gasteiger partial charge is 0.469 e. The van der Waals surface area contributed by atoms with Crippen LogP contribution in [0.5, 0.6) is 0 Å². The van der Waals surface area contributed by atoms with Crippen LogP contribution in [-0.4, -0.2) is 50.6 Å². The zero-order valence-electron chi connectivity index (χ0n) is 12.8. The molecule has 1 aromatic rings. The molecular formula is C15H18N2O6. The molecule has 2 N–H and O–H groups in total. The maximum absolute atomic E-state index is 11.8. The van der Waals surface area contributed by atoms with Crippen LogP contribution >= 0.6 is 0 Å². The third-order valence-corrected chi connectivity index (χ3v) is 2.86. The fourth-order valence-corrected chi connectivity index (χ4v) is 1.68. The third-order valence-electron chi connectivity index (χ3n) is 2.86. The fraction of sp³-hybridized carbons (Fsp3) is 0.333. The summed E-state index contributed by atoms with van der Waals surface area (Å²) in [6.07, 6.45) is -0.360. The standard InChI is InChI=1S/C15H18N2O6/c1-22-13(19)8-11(15(21)23-2)17-12(18)9-16-14(20)10-6-4-3-5-7-10/h3-7,11H,8-9H2,1-2H3,(H,16,20)(H,17,18)/t11-/m1/s1. The molecule has 8 nitrogen and oxygen atoms in total. The van der Waals surface area contributed by atoms with Crippen LogP contribution in [0.2, 0.25) is 0 Å². The second-order valence-corrected chi connectivity index (χ2v) is 4.47. The average Bonchev–Trinajstić information content (AvgIpc) is 2.58. The molecule has 0 unspecified atom stereocenters. The fourth-order valence-electron chi connectivity index (χ4n) is 1.68. The van der Waals surface area contributed by atoms with Crippen LogP contribution < -0.4 is 10.6 Å².